The topological polar surface area (TPSA) is 102 Å². The first-order valence-corrected chi connectivity index (χ1v) is 9.37. The predicted molar refractivity (Wildman–Crippen MR) is 107 cm³/mol. The lowest BCUT2D eigenvalue weighted by Crippen LogP contribution is -2.47. The molecule has 0 aliphatic rings. The molecule has 0 bridgehead atoms. The second kappa shape index (κ2) is 9.01. The van der Waals surface area contributed by atoms with Gasteiger partial charge in [-0.25, -0.2) is 4.98 Å². The summed E-state index contributed by atoms with van der Waals surface area (Å²) >= 11 is 0. The number of hydrogen-bond donors (Lipinski definition) is 3. The predicted octanol–water partition coefficient (Wildman–Crippen LogP) is 3.31. The molecule has 3 aromatic rings. The molecule has 3 rings (SSSR count). The van der Waals surface area contributed by atoms with Crippen molar-refractivity contribution < 1.29 is 19.4 Å². The Balaban J connectivity index is 1.59. The molecule has 1 aromatic heterocycles. The first kappa shape index (κ1) is 20.1. The maximum absolute atomic E-state index is 9.26. The van der Waals surface area contributed by atoms with E-state index in [0.717, 1.165) is 40.6 Å². The van der Waals surface area contributed by atoms with Crippen molar-refractivity contribution in [3.8, 4) is 22.8 Å². The molecule has 148 valence electrons. The van der Waals surface area contributed by atoms with Gasteiger partial charge in [0.25, 0.3) is 0 Å². The van der Waals surface area contributed by atoms with Gasteiger partial charge in [-0.3, -0.25) is 0 Å². The maximum Gasteiger partial charge on any atom is 0.194 e. The van der Waals surface area contributed by atoms with Gasteiger partial charge in [0, 0.05) is 12.0 Å². The summed E-state index contributed by atoms with van der Waals surface area (Å²) in [7, 11) is 0. The van der Waals surface area contributed by atoms with E-state index in [0.29, 0.717) is 12.8 Å². The third-order valence-electron chi connectivity index (χ3n) is 4.70. The Morgan fingerprint density at radius 1 is 1.00 bits per heavy atom. The Hall–Kier alpha value is -2.67. The van der Waals surface area contributed by atoms with Crippen molar-refractivity contribution in [3.63, 3.8) is 0 Å². The van der Waals surface area contributed by atoms with Crippen LogP contribution in [0.2, 0.25) is 0 Å². The van der Waals surface area contributed by atoms with E-state index in [1.807, 2.05) is 55.5 Å². The van der Waals surface area contributed by atoms with Crippen LogP contribution >= 0.6 is 0 Å². The molecular weight excluding hydrogens is 356 g/mol. The number of benzene rings is 2. The van der Waals surface area contributed by atoms with Crippen LogP contribution < -0.4 is 10.5 Å². The van der Waals surface area contributed by atoms with Gasteiger partial charge in [0.15, 0.2) is 5.89 Å². The summed E-state index contributed by atoms with van der Waals surface area (Å²) in [4.78, 5) is 4.42. The van der Waals surface area contributed by atoms with Gasteiger partial charge in [-0.1, -0.05) is 19.1 Å². The normalized spacial score (nSPS) is 11.6. The van der Waals surface area contributed by atoms with Crippen molar-refractivity contribution in [3.05, 3.63) is 66.2 Å². The number of hydrogen-bond acceptors (Lipinski definition) is 6. The SMILES string of the molecule is CCc1nc(-c2ccc(Oc3ccc(CCC(N)(CO)CO)cc3)cc2)co1. The molecule has 2 aromatic carbocycles. The zero-order chi connectivity index (χ0) is 20.0. The van der Waals surface area contributed by atoms with Gasteiger partial charge >= 0.3 is 0 Å². The highest BCUT2D eigenvalue weighted by molar-refractivity contribution is 5.59. The van der Waals surface area contributed by atoms with Crippen molar-refractivity contribution in [1.29, 1.82) is 0 Å². The lowest BCUT2D eigenvalue weighted by atomic mass is 9.94. The molecule has 1 heterocycles. The van der Waals surface area contributed by atoms with E-state index in [9.17, 15) is 10.2 Å². The van der Waals surface area contributed by atoms with Gasteiger partial charge in [-0.2, -0.15) is 0 Å². The molecule has 6 nitrogen and oxygen atoms in total. The van der Waals surface area contributed by atoms with E-state index in [2.05, 4.69) is 4.98 Å². The summed E-state index contributed by atoms with van der Waals surface area (Å²) in [6.45, 7) is 1.52. The van der Waals surface area contributed by atoms with Crippen LogP contribution in [0.1, 0.15) is 24.8 Å². The molecule has 0 unspecified atom stereocenters. The lowest BCUT2D eigenvalue weighted by molar-refractivity contribution is 0.115. The summed E-state index contributed by atoms with van der Waals surface area (Å²) in [6, 6.07) is 15.4. The number of aryl methyl sites for hydroxylation is 2. The van der Waals surface area contributed by atoms with Crippen LogP contribution in [0, 0.1) is 0 Å². The highest BCUT2D eigenvalue weighted by atomic mass is 16.5. The molecule has 0 radical (unpaired) electrons. The molecule has 4 N–H and O–H groups in total. The molecule has 6 heteroatoms. The summed E-state index contributed by atoms with van der Waals surface area (Å²) in [5.41, 5.74) is 7.82. The molecule has 0 aliphatic heterocycles. The fourth-order valence-electron chi connectivity index (χ4n) is 2.76. The van der Waals surface area contributed by atoms with E-state index >= 15 is 0 Å². The van der Waals surface area contributed by atoms with Gasteiger partial charge in [-0.05, 0) is 54.8 Å². The van der Waals surface area contributed by atoms with Crippen LogP contribution in [0.5, 0.6) is 11.5 Å². The average Bonchev–Trinajstić information content (AvgIpc) is 3.23. The monoisotopic (exact) mass is 382 g/mol. The van der Waals surface area contributed by atoms with Crippen LogP contribution in [-0.4, -0.2) is 33.9 Å². The number of rotatable bonds is 9. The minimum Gasteiger partial charge on any atom is -0.457 e. The Labute approximate surface area is 164 Å². The molecule has 0 spiro atoms. The molecule has 0 saturated heterocycles. The highest BCUT2D eigenvalue weighted by Gasteiger charge is 2.22. The van der Waals surface area contributed by atoms with E-state index < -0.39 is 5.54 Å². The summed E-state index contributed by atoms with van der Waals surface area (Å²) < 4.78 is 11.3. The van der Waals surface area contributed by atoms with Gasteiger partial charge in [0.05, 0.1) is 18.8 Å². The number of aliphatic hydroxyl groups is 2. The second-order valence-corrected chi connectivity index (χ2v) is 6.93. The zero-order valence-corrected chi connectivity index (χ0v) is 16.0. The van der Waals surface area contributed by atoms with E-state index in [4.69, 9.17) is 14.9 Å². The van der Waals surface area contributed by atoms with Gasteiger partial charge in [0.1, 0.15) is 23.5 Å². The van der Waals surface area contributed by atoms with Crippen LogP contribution in [0.15, 0.2) is 59.2 Å². The summed E-state index contributed by atoms with van der Waals surface area (Å²) in [6.07, 6.45) is 3.61. The van der Waals surface area contributed by atoms with Crippen molar-refractivity contribution >= 4 is 0 Å². The number of nitrogens with two attached hydrogens (primary N) is 1. The van der Waals surface area contributed by atoms with E-state index in [-0.39, 0.29) is 13.2 Å². The smallest absolute Gasteiger partial charge is 0.194 e. The van der Waals surface area contributed by atoms with Crippen LogP contribution in [0.25, 0.3) is 11.3 Å². The van der Waals surface area contributed by atoms with Crippen molar-refractivity contribution in [2.24, 2.45) is 5.73 Å². The third kappa shape index (κ3) is 4.98. The standard InChI is InChI=1S/C22H26N2O4/c1-2-21-24-20(13-27-21)17-5-9-19(10-6-17)28-18-7-3-16(4-8-18)11-12-22(23,14-25)15-26/h3-10,13,25-26H,2,11-12,14-15,23H2,1H3. The van der Waals surface area contributed by atoms with Crippen LogP contribution in [0.4, 0.5) is 0 Å². The van der Waals surface area contributed by atoms with Gasteiger partial charge < -0.3 is 25.1 Å². The molecule has 0 aliphatic carbocycles. The maximum atomic E-state index is 9.26. The van der Waals surface area contributed by atoms with Crippen LogP contribution in [-0.2, 0) is 12.8 Å². The number of ether oxygens (including phenoxy) is 1. The van der Waals surface area contributed by atoms with E-state index in [1.54, 1.807) is 6.26 Å². The number of aliphatic hydroxyl groups excluding tert-OH is 2. The van der Waals surface area contributed by atoms with Crippen molar-refractivity contribution in [1.82, 2.24) is 4.98 Å². The first-order valence-electron chi connectivity index (χ1n) is 9.37. The van der Waals surface area contributed by atoms with Crippen molar-refractivity contribution in [2.75, 3.05) is 13.2 Å². The third-order valence-corrected chi connectivity index (χ3v) is 4.70. The van der Waals surface area contributed by atoms with Crippen LogP contribution in [0.3, 0.4) is 0 Å². The Morgan fingerprint density at radius 2 is 1.61 bits per heavy atom. The lowest BCUT2D eigenvalue weighted by Gasteiger charge is -2.24. The molecule has 0 fully saturated rings. The van der Waals surface area contributed by atoms with Crippen molar-refractivity contribution in [2.45, 2.75) is 31.7 Å². The fourth-order valence-corrected chi connectivity index (χ4v) is 2.76. The second-order valence-electron chi connectivity index (χ2n) is 6.93. The summed E-state index contributed by atoms with van der Waals surface area (Å²) in [5, 5.41) is 18.5. The largest absolute Gasteiger partial charge is 0.457 e. The Kier molecular flexibility index (Phi) is 6.46. The first-order chi connectivity index (χ1) is 13.5. The molecule has 0 atom stereocenters. The van der Waals surface area contributed by atoms with E-state index in [1.165, 1.54) is 0 Å². The average molecular weight is 382 g/mol. The number of nitrogens with zero attached hydrogens (tertiary/aromatic N) is 1. The number of oxazole rings is 1. The minimum absolute atomic E-state index is 0.241. The van der Waals surface area contributed by atoms with Gasteiger partial charge in [-0.15, -0.1) is 0 Å². The Morgan fingerprint density at radius 3 is 2.14 bits per heavy atom. The summed E-state index contributed by atoms with van der Waals surface area (Å²) in [5.74, 6) is 2.19. The highest BCUT2D eigenvalue weighted by Crippen LogP contribution is 2.26. The minimum atomic E-state index is -0.946. The Bertz CT molecular complexity index is 868. The quantitative estimate of drug-likeness (QED) is 0.525. The zero-order valence-electron chi connectivity index (χ0n) is 16.0. The molecular formula is C22H26N2O4. The fraction of sp³-hybridized carbons (Fsp3) is 0.318. The molecule has 0 amide bonds. The number of aromatic nitrogens is 1. The molecule has 0 saturated carbocycles. The molecule has 28 heavy (non-hydrogen) atoms. The van der Waals surface area contributed by atoms with Gasteiger partial charge in [0.2, 0.25) is 0 Å².